The Balaban J connectivity index is 2.36. The number of hydrogen-bond donors (Lipinski definition) is 3. The smallest absolute Gasteiger partial charge is 0.257 e. The van der Waals surface area contributed by atoms with Crippen LogP contribution in [0.5, 0.6) is 5.75 Å². The summed E-state index contributed by atoms with van der Waals surface area (Å²) < 4.78 is 5.30. The second-order valence-electron chi connectivity index (χ2n) is 4.75. The van der Waals surface area contributed by atoms with Crippen LogP contribution in [0.25, 0.3) is 0 Å². The van der Waals surface area contributed by atoms with E-state index in [4.69, 9.17) is 15.7 Å². The Hall–Kier alpha value is -2.24. The maximum atomic E-state index is 11.6. The number of carbonyl (C=O) groups is 1. The van der Waals surface area contributed by atoms with Crippen molar-refractivity contribution in [2.24, 2.45) is 16.3 Å². The standard InChI is InChI=1S/C13H19N3O3/c1-13(2,12(14)16-18)9-15-11(17)8-19-10-6-4-3-5-7-10/h3-7,18H,8-9H2,1-2H3,(H2,14,16)(H,15,17). The van der Waals surface area contributed by atoms with Gasteiger partial charge in [-0.25, -0.2) is 0 Å². The van der Waals surface area contributed by atoms with Gasteiger partial charge in [0.05, 0.1) is 0 Å². The van der Waals surface area contributed by atoms with Crippen LogP contribution in [0.15, 0.2) is 35.5 Å². The van der Waals surface area contributed by atoms with E-state index in [1.54, 1.807) is 26.0 Å². The highest BCUT2D eigenvalue weighted by atomic mass is 16.5. The number of hydrogen-bond acceptors (Lipinski definition) is 4. The molecule has 0 fully saturated rings. The summed E-state index contributed by atoms with van der Waals surface area (Å²) in [7, 11) is 0. The Morgan fingerprint density at radius 3 is 2.63 bits per heavy atom. The molecule has 0 unspecified atom stereocenters. The van der Waals surface area contributed by atoms with Crippen LogP contribution in [0.2, 0.25) is 0 Å². The molecule has 0 spiro atoms. The van der Waals surface area contributed by atoms with E-state index in [0.29, 0.717) is 5.75 Å². The number of nitrogens with one attached hydrogen (secondary N) is 1. The highest BCUT2D eigenvalue weighted by Crippen LogP contribution is 2.13. The molecule has 1 amide bonds. The first-order valence-corrected chi connectivity index (χ1v) is 5.88. The van der Waals surface area contributed by atoms with E-state index in [1.807, 2.05) is 18.2 Å². The van der Waals surface area contributed by atoms with Gasteiger partial charge in [0.2, 0.25) is 0 Å². The van der Waals surface area contributed by atoms with Gasteiger partial charge < -0.3 is 21.0 Å². The maximum absolute atomic E-state index is 11.6. The molecule has 0 radical (unpaired) electrons. The first kappa shape index (κ1) is 14.8. The Kier molecular flexibility index (Phi) is 5.17. The molecule has 0 saturated carbocycles. The number of nitrogens with zero attached hydrogens (tertiary/aromatic N) is 1. The molecule has 0 heterocycles. The number of rotatable bonds is 6. The van der Waals surface area contributed by atoms with E-state index in [0.717, 1.165) is 0 Å². The fraction of sp³-hybridized carbons (Fsp3) is 0.385. The molecule has 0 atom stereocenters. The van der Waals surface area contributed by atoms with Crippen molar-refractivity contribution in [3.05, 3.63) is 30.3 Å². The summed E-state index contributed by atoms with van der Waals surface area (Å²) in [6.07, 6.45) is 0. The van der Waals surface area contributed by atoms with Gasteiger partial charge in [-0.2, -0.15) is 0 Å². The number of benzene rings is 1. The lowest BCUT2D eigenvalue weighted by Gasteiger charge is -2.23. The molecule has 104 valence electrons. The Morgan fingerprint density at radius 2 is 2.05 bits per heavy atom. The van der Waals surface area contributed by atoms with Gasteiger partial charge in [0.25, 0.3) is 5.91 Å². The summed E-state index contributed by atoms with van der Waals surface area (Å²) in [5.41, 5.74) is 4.91. The first-order chi connectivity index (χ1) is 8.95. The lowest BCUT2D eigenvalue weighted by Crippen LogP contribution is -2.43. The van der Waals surface area contributed by atoms with Crippen molar-refractivity contribution in [2.75, 3.05) is 13.2 Å². The van der Waals surface area contributed by atoms with E-state index in [1.165, 1.54) is 0 Å². The van der Waals surface area contributed by atoms with Crippen LogP contribution in [0, 0.1) is 5.41 Å². The molecule has 1 rings (SSSR count). The molecule has 1 aromatic carbocycles. The minimum absolute atomic E-state index is 0.0665. The van der Waals surface area contributed by atoms with Gasteiger partial charge in [0, 0.05) is 12.0 Å². The predicted molar refractivity (Wildman–Crippen MR) is 72.1 cm³/mol. The highest BCUT2D eigenvalue weighted by Gasteiger charge is 2.24. The minimum atomic E-state index is -0.614. The Labute approximate surface area is 112 Å². The Morgan fingerprint density at radius 1 is 1.42 bits per heavy atom. The van der Waals surface area contributed by atoms with Crippen LogP contribution >= 0.6 is 0 Å². The summed E-state index contributed by atoms with van der Waals surface area (Å²) in [5.74, 6) is 0.438. The van der Waals surface area contributed by atoms with Crippen LogP contribution in [0.1, 0.15) is 13.8 Å². The molecule has 4 N–H and O–H groups in total. The number of ether oxygens (including phenoxy) is 1. The minimum Gasteiger partial charge on any atom is -0.484 e. The third-order valence-corrected chi connectivity index (χ3v) is 2.64. The molecule has 6 heteroatoms. The quantitative estimate of drug-likeness (QED) is 0.309. The maximum Gasteiger partial charge on any atom is 0.257 e. The molecule has 19 heavy (non-hydrogen) atoms. The van der Waals surface area contributed by atoms with Crippen LogP contribution in [-0.2, 0) is 4.79 Å². The molecule has 0 aliphatic heterocycles. The third kappa shape index (κ3) is 4.87. The van der Waals surface area contributed by atoms with Crippen molar-refractivity contribution in [1.29, 1.82) is 0 Å². The Bertz CT molecular complexity index is 444. The van der Waals surface area contributed by atoms with E-state index >= 15 is 0 Å². The van der Waals surface area contributed by atoms with Crippen molar-refractivity contribution in [3.63, 3.8) is 0 Å². The first-order valence-electron chi connectivity index (χ1n) is 5.88. The lowest BCUT2D eigenvalue weighted by molar-refractivity contribution is -0.123. The summed E-state index contributed by atoms with van der Waals surface area (Å²) in [4.78, 5) is 11.6. The van der Waals surface area contributed by atoms with Gasteiger partial charge in [-0.1, -0.05) is 37.2 Å². The van der Waals surface area contributed by atoms with Crippen LogP contribution in [-0.4, -0.2) is 30.1 Å². The van der Waals surface area contributed by atoms with Crippen molar-refractivity contribution < 1.29 is 14.7 Å². The van der Waals surface area contributed by atoms with Crippen LogP contribution < -0.4 is 15.8 Å². The van der Waals surface area contributed by atoms with Crippen molar-refractivity contribution >= 4 is 11.7 Å². The topological polar surface area (TPSA) is 96.9 Å². The average molecular weight is 265 g/mol. The van der Waals surface area contributed by atoms with Gasteiger partial charge in [0.15, 0.2) is 6.61 Å². The normalized spacial score (nSPS) is 12.0. The number of amides is 1. The number of carbonyl (C=O) groups excluding carboxylic acids is 1. The van der Waals surface area contributed by atoms with Gasteiger partial charge >= 0.3 is 0 Å². The fourth-order valence-corrected chi connectivity index (χ4v) is 1.26. The summed E-state index contributed by atoms with van der Waals surface area (Å²) in [5, 5.41) is 14.2. The number of nitrogens with two attached hydrogens (primary N) is 1. The van der Waals surface area contributed by atoms with Gasteiger partial charge in [-0.05, 0) is 12.1 Å². The summed E-state index contributed by atoms with van der Waals surface area (Å²) in [6, 6.07) is 9.07. The molecule has 0 aromatic heterocycles. The zero-order valence-electron chi connectivity index (χ0n) is 11.1. The predicted octanol–water partition coefficient (Wildman–Crippen LogP) is 0.954. The van der Waals surface area contributed by atoms with Crippen LogP contribution in [0.3, 0.4) is 0 Å². The number of amidine groups is 1. The van der Waals surface area contributed by atoms with E-state index < -0.39 is 5.41 Å². The number of oxime groups is 1. The third-order valence-electron chi connectivity index (χ3n) is 2.64. The molecule has 0 aliphatic carbocycles. The molecular formula is C13H19N3O3. The van der Waals surface area contributed by atoms with Crippen molar-refractivity contribution in [1.82, 2.24) is 5.32 Å². The van der Waals surface area contributed by atoms with Crippen molar-refractivity contribution in [2.45, 2.75) is 13.8 Å². The second kappa shape index (κ2) is 6.63. The SMILES string of the molecule is CC(C)(CNC(=O)COc1ccccc1)/C(N)=N/O. The lowest BCUT2D eigenvalue weighted by atomic mass is 9.92. The van der Waals surface area contributed by atoms with E-state index in [2.05, 4.69) is 10.5 Å². The molecule has 0 aliphatic rings. The van der Waals surface area contributed by atoms with E-state index in [9.17, 15) is 4.79 Å². The van der Waals surface area contributed by atoms with Crippen LogP contribution in [0.4, 0.5) is 0 Å². The average Bonchev–Trinajstić information content (AvgIpc) is 2.43. The van der Waals surface area contributed by atoms with Crippen molar-refractivity contribution in [3.8, 4) is 5.75 Å². The second-order valence-corrected chi connectivity index (χ2v) is 4.75. The molecule has 0 bridgehead atoms. The molecule has 0 saturated heterocycles. The molecule has 1 aromatic rings. The summed E-state index contributed by atoms with van der Waals surface area (Å²) in [6.45, 7) is 3.72. The monoisotopic (exact) mass is 265 g/mol. The summed E-state index contributed by atoms with van der Waals surface area (Å²) >= 11 is 0. The fourth-order valence-electron chi connectivity index (χ4n) is 1.26. The van der Waals surface area contributed by atoms with Gasteiger partial charge in [-0.3, -0.25) is 4.79 Å². The molecule has 6 nitrogen and oxygen atoms in total. The van der Waals surface area contributed by atoms with Gasteiger partial charge in [-0.15, -0.1) is 0 Å². The number of para-hydroxylation sites is 1. The largest absolute Gasteiger partial charge is 0.484 e. The highest BCUT2D eigenvalue weighted by molar-refractivity contribution is 5.86. The van der Waals surface area contributed by atoms with E-state index in [-0.39, 0.29) is 24.9 Å². The molecular weight excluding hydrogens is 246 g/mol. The zero-order chi connectivity index (χ0) is 14.3. The zero-order valence-corrected chi connectivity index (χ0v) is 11.1. The van der Waals surface area contributed by atoms with Gasteiger partial charge in [0.1, 0.15) is 11.6 Å².